The first-order chi connectivity index (χ1) is 19.9. The number of fused-ring (bicyclic) bond motifs is 2. The third kappa shape index (κ3) is 4.78. The average Bonchev–Trinajstić information content (AvgIpc) is 3.25. The molecule has 2 aromatic heterocycles. The van der Waals surface area contributed by atoms with E-state index in [2.05, 4.69) is 82.3 Å². The van der Waals surface area contributed by atoms with Crippen LogP contribution in [0.2, 0.25) is 0 Å². The summed E-state index contributed by atoms with van der Waals surface area (Å²) in [5.74, 6) is 2.01. The molecule has 6 heteroatoms. The second-order valence-corrected chi connectivity index (χ2v) is 12.0. The Morgan fingerprint density at radius 3 is 2.59 bits per heavy atom. The minimum absolute atomic E-state index is 0.0146. The number of anilines is 2. The number of nitrogens with zero attached hydrogens (tertiary/aromatic N) is 4. The molecule has 5 aromatic rings. The average molecular weight is 699 g/mol. The second-order valence-electron chi connectivity index (χ2n) is 11.0. The van der Waals surface area contributed by atoms with E-state index >= 15 is 0 Å². The van der Waals surface area contributed by atoms with E-state index < -0.39 is 6.98 Å². The molecule has 1 aliphatic heterocycles. The van der Waals surface area contributed by atoms with Gasteiger partial charge in [0.25, 0.3) is 0 Å². The number of hydrogen-bond acceptors (Lipinski definition) is 3. The molecule has 0 radical (unpaired) electrons. The maximum absolute atomic E-state index is 8.10. The zero-order valence-electron chi connectivity index (χ0n) is 25.4. The predicted octanol–water partition coefficient (Wildman–Crippen LogP) is 7.61. The molecule has 5 nitrogen and oxygen atoms in total. The van der Waals surface area contributed by atoms with Crippen LogP contribution in [-0.2, 0) is 38.2 Å². The number of pyridine rings is 1. The van der Waals surface area contributed by atoms with Crippen molar-refractivity contribution in [3.8, 4) is 17.2 Å². The third-order valence-electron chi connectivity index (χ3n) is 7.27. The van der Waals surface area contributed by atoms with Gasteiger partial charge in [-0.1, -0.05) is 20.8 Å². The first-order valence-electron chi connectivity index (χ1n) is 14.6. The number of imidazole rings is 1. The van der Waals surface area contributed by atoms with E-state index in [0.29, 0.717) is 26.5 Å². The number of para-hydroxylation sites is 2. The van der Waals surface area contributed by atoms with Gasteiger partial charge in [0.2, 0.25) is 0 Å². The molecule has 0 saturated heterocycles. The Morgan fingerprint density at radius 1 is 1.00 bits per heavy atom. The van der Waals surface area contributed by atoms with E-state index in [1.165, 1.54) is 15.7 Å². The van der Waals surface area contributed by atoms with Crippen LogP contribution in [0.15, 0.2) is 72.9 Å². The van der Waals surface area contributed by atoms with Crippen molar-refractivity contribution in [3.63, 3.8) is 0 Å². The van der Waals surface area contributed by atoms with E-state index in [-0.39, 0.29) is 11.5 Å². The number of ether oxygens (including phenoxy) is 1. The normalized spacial score (nSPS) is 16.9. The Balaban J connectivity index is 1.37. The van der Waals surface area contributed by atoms with Gasteiger partial charge in [0.1, 0.15) is 0 Å². The van der Waals surface area contributed by atoms with Gasteiger partial charge < -0.3 is 0 Å². The molecule has 0 fully saturated rings. The summed E-state index contributed by atoms with van der Waals surface area (Å²) in [5, 5.41) is 0. The molecule has 6 rings (SSSR count). The summed E-state index contributed by atoms with van der Waals surface area (Å²) in [6.07, 6.45) is 3.88. The van der Waals surface area contributed by atoms with Gasteiger partial charge in [0, 0.05) is 6.20 Å². The molecular formula is C33H32N4OPt-2. The van der Waals surface area contributed by atoms with Gasteiger partial charge in [-0.3, -0.25) is 0 Å². The number of benzene rings is 3. The molecule has 0 spiro atoms. The Morgan fingerprint density at radius 2 is 1.79 bits per heavy atom. The molecule has 1 aliphatic rings. The fourth-order valence-corrected chi connectivity index (χ4v) is 5.95. The second kappa shape index (κ2) is 9.95. The van der Waals surface area contributed by atoms with Crippen molar-refractivity contribution in [2.24, 2.45) is 6.98 Å². The Kier molecular flexibility index (Phi) is 5.71. The van der Waals surface area contributed by atoms with Crippen LogP contribution in [0.5, 0.6) is 11.5 Å². The molecule has 0 bridgehead atoms. The van der Waals surface area contributed by atoms with Crippen molar-refractivity contribution in [1.82, 2.24) is 14.1 Å². The number of aryl methyl sites for hydroxylation is 2. The van der Waals surface area contributed by atoms with Gasteiger partial charge in [-0.05, 0) is 17.0 Å². The van der Waals surface area contributed by atoms with E-state index in [0.717, 1.165) is 29.9 Å². The summed E-state index contributed by atoms with van der Waals surface area (Å²) < 4.78 is 34.5. The van der Waals surface area contributed by atoms with E-state index in [9.17, 15) is 0 Å². The molecule has 0 aliphatic carbocycles. The van der Waals surface area contributed by atoms with Crippen LogP contribution in [0, 0.1) is 15.9 Å². The monoisotopic (exact) mass is 698 g/mol. The summed E-state index contributed by atoms with van der Waals surface area (Å²) >= 11 is 2.07. The molecule has 0 saturated carbocycles. The number of rotatable bonds is 4. The van der Waals surface area contributed by atoms with Gasteiger partial charge in [0.05, 0.1) is 0 Å². The summed E-state index contributed by atoms with van der Waals surface area (Å²) in [4.78, 5) is 7.02. The first kappa shape index (κ1) is 22.4. The zero-order valence-corrected chi connectivity index (χ0v) is 24.7. The van der Waals surface area contributed by atoms with Crippen LogP contribution in [0.3, 0.4) is 0 Å². The minimum atomic E-state index is -2.32. The van der Waals surface area contributed by atoms with Crippen molar-refractivity contribution >= 4 is 22.5 Å². The topological polar surface area (TPSA) is 35.2 Å². The molecule has 0 N–H and O–H groups in total. The van der Waals surface area contributed by atoms with Crippen LogP contribution in [0.1, 0.15) is 49.4 Å². The molecule has 39 heavy (non-hydrogen) atoms. The van der Waals surface area contributed by atoms with Gasteiger partial charge in [-0.15, -0.1) is 0 Å². The quantitative estimate of drug-likeness (QED) is 0.182. The molecule has 1 unspecified atom stereocenters. The SMILES string of the molecule is [2H]C([2H])([2H])n1[c](=[Pt])n(-c2[c-]c(Oc3[c-]c4c(cc3)CCC(C)N4c3cc(C(C)(C)C)ccn3)ccc2)c2ccccc21. The number of hydrogen-bond donors (Lipinski definition) is 0. The van der Waals surface area contributed by atoms with Crippen LogP contribution < -0.4 is 9.64 Å². The Labute approximate surface area is 245 Å². The van der Waals surface area contributed by atoms with Crippen molar-refractivity contribution in [3.05, 3.63) is 100.0 Å². The van der Waals surface area contributed by atoms with Crippen molar-refractivity contribution in [2.45, 2.75) is 52.0 Å². The van der Waals surface area contributed by atoms with Crippen LogP contribution in [0.4, 0.5) is 11.5 Å². The molecule has 3 aromatic carbocycles. The fourth-order valence-electron chi connectivity index (χ4n) is 5.13. The zero-order chi connectivity index (χ0) is 29.8. The summed E-state index contributed by atoms with van der Waals surface area (Å²) in [6, 6.07) is 28.6. The van der Waals surface area contributed by atoms with Crippen LogP contribution in [-0.4, -0.2) is 20.2 Å². The van der Waals surface area contributed by atoms with Crippen molar-refractivity contribution in [2.75, 3.05) is 4.90 Å². The van der Waals surface area contributed by atoms with E-state index in [1.54, 1.807) is 0 Å². The summed E-state index contributed by atoms with van der Waals surface area (Å²) in [7, 11) is 0. The Hall–Kier alpha value is -3.43. The van der Waals surface area contributed by atoms with Gasteiger partial charge >= 0.3 is 202 Å². The Bertz CT molecular complexity index is 1850. The summed E-state index contributed by atoms with van der Waals surface area (Å²) in [5.41, 5.74) is 5.53. The van der Waals surface area contributed by atoms with Crippen molar-refractivity contribution in [1.29, 1.82) is 0 Å². The summed E-state index contributed by atoms with van der Waals surface area (Å²) in [6.45, 7) is 6.54. The fraction of sp³-hybridized carbons (Fsp3) is 0.273. The van der Waals surface area contributed by atoms with Gasteiger partial charge in [-0.25, -0.2) is 0 Å². The van der Waals surface area contributed by atoms with Crippen LogP contribution in [0.25, 0.3) is 16.7 Å². The van der Waals surface area contributed by atoms with Gasteiger partial charge in [0.15, 0.2) is 0 Å². The molecule has 0 amide bonds. The van der Waals surface area contributed by atoms with Crippen LogP contribution >= 0.6 is 0 Å². The van der Waals surface area contributed by atoms with E-state index in [4.69, 9.17) is 13.8 Å². The van der Waals surface area contributed by atoms with Gasteiger partial charge in [-0.2, -0.15) is 0 Å². The molecule has 1 atom stereocenters. The first-order valence-corrected chi connectivity index (χ1v) is 14.3. The molecule has 3 heterocycles. The standard InChI is InChI=1S/C33H32N4O.Pt/c1-23-13-14-24-15-16-28(21-31(24)37(23)32-19-25(17-18-34-32)33(2,3)4)38-27-10-8-9-26(20-27)36-22-35(5)29-11-6-7-12-30(29)36;/h6-12,15-19,23H,13-14H2,1-5H3;/q-2;/i5D3;. The number of aromatic nitrogens is 3. The van der Waals surface area contributed by atoms with E-state index in [1.807, 2.05) is 59.3 Å². The predicted molar refractivity (Wildman–Crippen MR) is 153 cm³/mol. The molecular weight excluding hydrogens is 663 g/mol. The maximum atomic E-state index is 8.10. The van der Waals surface area contributed by atoms with Crippen molar-refractivity contribution < 1.29 is 28.2 Å². The third-order valence-corrected chi connectivity index (χ3v) is 8.29. The molecule has 202 valence electrons.